The Hall–Kier alpha value is -0.840. The predicted octanol–water partition coefficient (Wildman–Crippen LogP) is 3.93. The largest absolute Gasteiger partial charge is 0.379 e. The van der Waals surface area contributed by atoms with Gasteiger partial charge >= 0.3 is 0 Å². The molecule has 18 heavy (non-hydrogen) atoms. The summed E-state index contributed by atoms with van der Waals surface area (Å²) in [5.74, 6) is 0. The van der Waals surface area contributed by atoms with Crippen molar-refractivity contribution in [3.63, 3.8) is 0 Å². The number of nitrogens with one attached hydrogen (secondary N) is 1. The Morgan fingerprint density at radius 3 is 3.22 bits per heavy atom. The van der Waals surface area contributed by atoms with Crippen molar-refractivity contribution < 1.29 is 4.74 Å². The van der Waals surface area contributed by atoms with Crippen molar-refractivity contribution in [3.8, 4) is 0 Å². The monoisotopic (exact) mass is 282 g/mol. The van der Waals surface area contributed by atoms with Crippen LogP contribution in [-0.2, 0) is 4.74 Å². The lowest BCUT2D eigenvalue weighted by Crippen LogP contribution is -2.32. The number of halogens is 1. The maximum atomic E-state index is 6.29. The Morgan fingerprint density at radius 2 is 2.39 bits per heavy atom. The Bertz CT molecular complexity index is 557. The van der Waals surface area contributed by atoms with Gasteiger partial charge in [-0.05, 0) is 31.9 Å². The highest BCUT2D eigenvalue weighted by Gasteiger charge is 2.21. The van der Waals surface area contributed by atoms with Crippen LogP contribution in [0.5, 0.6) is 0 Å². The summed E-state index contributed by atoms with van der Waals surface area (Å²) in [6.45, 7) is 2.92. The number of benzene rings is 1. The average Bonchev–Trinajstić information content (AvgIpc) is 2.81. The molecule has 0 spiro atoms. The molecule has 1 aliphatic heterocycles. The number of hydrogen-bond acceptors (Lipinski definition) is 4. The number of hydrogen-bond donors (Lipinski definition) is 1. The van der Waals surface area contributed by atoms with Crippen LogP contribution in [-0.4, -0.2) is 23.7 Å². The quantitative estimate of drug-likeness (QED) is 0.906. The van der Waals surface area contributed by atoms with Gasteiger partial charge in [0, 0.05) is 12.6 Å². The van der Waals surface area contributed by atoms with Crippen LogP contribution in [0.15, 0.2) is 17.6 Å². The highest BCUT2D eigenvalue weighted by Crippen LogP contribution is 2.33. The average molecular weight is 283 g/mol. The standard InChI is InChI=1S/C13H15ClN2OS/c1-8-6-9(4-5-17-8)16-12-10(14)2-3-11-13(12)15-7-18-11/h2-3,7-9,16H,4-6H2,1H3. The summed E-state index contributed by atoms with van der Waals surface area (Å²) in [7, 11) is 0. The molecule has 1 aromatic heterocycles. The molecule has 1 aromatic carbocycles. The Kier molecular flexibility index (Phi) is 3.41. The lowest BCUT2D eigenvalue weighted by Gasteiger charge is -2.29. The van der Waals surface area contributed by atoms with Crippen molar-refractivity contribution in [3.05, 3.63) is 22.7 Å². The van der Waals surface area contributed by atoms with Gasteiger partial charge in [0.2, 0.25) is 0 Å². The Labute approximate surface area is 115 Å². The van der Waals surface area contributed by atoms with E-state index in [4.69, 9.17) is 16.3 Å². The summed E-state index contributed by atoms with van der Waals surface area (Å²) in [5, 5.41) is 4.28. The molecule has 2 unspecified atom stereocenters. The van der Waals surface area contributed by atoms with E-state index in [2.05, 4.69) is 17.2 Å². The third-order valence-electron chi connectivity index (χ3n) is 3.29. The Morgan fingerprint density at radius 1 is 1.50 bits per heavy atom. The van der Waals surface area contributed by atoms with E-state index in [1.165, 1.54) is 4.70 Å². The van der Waals surface area contributed by atoms with Crippen molar-refractivity contribution in [2.45, 2.75) is 31.9 Å². The fraction of sp³-hybridized carbons (Fsp3) is 0.462. The minimum absolute atomic E-state index is 0.310. The van der Waals surface area contributed by atoms with Gasteiger partial charge in [-0.15, -0.1) is 11.3 Å². The summed E-state index contributed by atoms with van der Waals surface area (Å²) in [6.07, 6.45) is 2.34. The number of aromatic nitrogens is 1. The molecule has 1 saturated heterocycles. The zero-order valence-electron chi connectivity index (χ0n) is 10.1. The number of fused-ring (bicyclic) bond motifs is 1. The third-order valence-corrected chi connectivity index (χ3v) is 4.39. The van der Waals surface area contributed by atoms with Gasteiger partial charge in [0.15, 0.2) is 0 Å². The van der Waals surface area contributed by atoms with Crippen LogP contribution < -0.4 is 5.32 Å². The van der Waals surface area contributed by atoms with E-state index in [0.717, 1.165) is 35.7 Å². The van der Waals surface area contributed by atoms with Crippen molar-refractivity contribution in [2.24, 2.45) is 0 Å². The summed E-state index contributed by atoms with van der Waals surface area (Å²) in [6, 6.07) is 4.37. The van der Waals surface area contributed by atoms with E-state index in [-0.39, 0.29) is 0 Å². The van der Waals surface area contributed by atoms with Gasteiger partial charge in [-0.3, -0.25) is 0 Å². The highest BCUT2D eigenvalue weighted by molar-refractivity contribution is 7.16. The lowest BCUT2D eigenvalue weighted by atomic mass is 10.0. The number of ether oxygens (including phenoxy) is 1. The van der Waals surface area contributed by atoms with Gasteiger partial charge in [0.25, 0.3) is 0 Å². The maximum Gasteiger partial charge on any atom is 0.106 e. The molecule has 2 aromatic rings. The molecule has 1 N–H and O–H groups in total. The van der Waals surface area contributed by atoms with E-state index < -0.39 is 0 Å². The third kappa shape index (κ3) is 2.32. The van der Waals surface area contributed by atoms with Crippen LogP contribution in [0.25, 0.3) is 10.2 Å². The summed E-state index contributed by atoms with van der Waals surface area (Å²) < 4.78 is 6.73. The topological polar surface area (TPSA) is 34.2 Å². The van der Waals surface area contributed by atoms with Crippen molar-refractivity contribution in [1.29, 1.82) is 0 Å². The molecule has 5 heteroatoms. The van der Waals surface area contributed by atoms with Crippen molar-refractivity contribution >= 4 is 38.8 Å². The van der Waals surface area contributed by atoms with Crippen molar-refractivity contribution in [2.75, 3.05) is 11.9 Å². The second kappa shape index (κ2) is 5.03. The van der Waals surface area contributed by atoms with Gasteiger partial charge in [-0.25, -0.2) is 4.98 Å². The Balaban J connectivity index is 1.89. The number of anilines is 1. The maximum absolute atomic E-state index is 6.29. The van der Waals surface area contributed by atoms with Gasteiger partial charge in [-0.1, -0.05) is 11.6 Å². The first kappa shape index (κ1) is 12.2. The fourth-order valence-corrected chi connectivity index (χ4v) is 3.27. The molecule has 1 aliphatic rings. The van der Waals surface area contributed by atoms with E-state index in [1.807, 2.05) is 17.6 Å². The van der Waals surface area contributed by atoms with E-state index >= 15 is 0 Å². The molecule has 96 valence electrons. The first-order valence-corrected chi connectivity index (χ1v) is 7.39. The molecule has 0 radical (unpaired) electrons. The van der Waals surface area contributed by atoms with Gasteiger partial charge in [-0.2, -0.15) is 0 Å². The van der Waals surface area contributed by atoms with Crippen LogP contribution in [0.2, 0.25) is 5.02 Å². The van der Waals surface area contributed by atoms with E-state index in [9.17, 15) is 0 Å². The van der Waals surface area contributed by atoms with Crippen molar-refractivity contribution in [1.82, 2.24) is 4.98 Å². The molecule has 0 aliphatic carbocycles. The molecule has 0 saturated carbocycles. The fourth-order valence-electron chi connectivity index (χ4n) is 2.38. The highest BCUT2D eigenvalue weighted by atomic mass is 35.5. The summed E-state index contributed by atoms with van der Waals surface area (Å²) in [5.41, 5.74) is 3.81. The first-order chi connectivity index (χ1) is 8.74. The molecule has 1 fully saturated rings. The molecule has 3 rings (SSSR count). The van der Waals surface area contributed by atoms with Gasteiger partial charge in [0.1, 0.15) is 5.52 Å². The van der Waals surface area contributed by atoms with E-state index in [0.29, 0.717) is 12.1 Å². The molecule has 0 amide bonds. The van der Waals surface area contributed by atoms with Gasteiger partial charge in [0.05, 0.1) is 27.0 Å². The molecule has 0 bridgehead atoms. The van der Waals surface area contributed by atoms with Crippen LogP contribution in [0.3, 0.4) is 0 Å². The minimum Gasteiger partial charge on any atom is -0.379 e. The zero-order valence-corrected chi connectivity index (χ0v) is 11.7. The number of thiazole rings is 1. The molecular formula is C13H15ClN2OS. The second-order valence-electron chi connectivity index (χ2n) is 4.67. The molecule has 3 nitrogen and oxygen atoms in total. The number of rotatable bonds is 2. The molecule has 2 atom stereocenters. The molecular weight excluding hydrogens is 268 g/mol. The van der Waals surface area contributed by atoms with Crippen LogP contribution in [0.4, 0.5) is 5.69 Å². The minimum atomic E-state index is 0.310. The lowest BCUT2D eigenvalue weighted by molar-refractivity contribution is 0.0232. The van der Waals surface area contributed by atoms with Gasteiger partial charge < -0.3 is 10.1 Å². The smallest absolute Gasteiger partial charge is 0.106 e. The SMILES string of the molecule is CC1CC(Nc2c(Cl)ccc3scnc23)CCO1. The van der Waals surface area contributed by atoms with Crippen LogP contribution in [0.1, 0.15) is 19.8 Å². The summed E-state index contributed by atoms with van der Waals surface area (Å²) >= 11 is 7.92. The normalized spacial score (nSPS) is 24.3. The molecule has 2 heterocycles. The van der Waals surface area contributed by atoms with E-state index in [1.54, 1.807) is 11.3 Å². The van der Waals surface area contributed by atoms with Crippen LogP contribution in [0, 0.1) is 0 Å². The predicted molar refractivity (Wildman–Crippen MR) is 76.7 cm³/mol. The zero-order chi connectivity index (χ0) is 12.5. The summed E-state index contributed by atoms with van der Waals surface area (Å²) in [4.78, 5) is 4.40. The van der Waals surface area contributed by atoms with Crippen LogP contribution >= 0.6 is 22.9 Å². The second-order valence-corrected chi connectivity index (χ2v) is 5.96. The number of nitrogens with zero attached hydrogens (tertiary/aromatic N) is 1. The first-order valence-electron chi connectivity index (χ1n) is 6.14.